The normalized spacial score (nSPS) is 14.2. The number of aliphatic hydroxyl groups is 1. The first-order valence-electron chi connectivity index (χ1n) is 31.1. The highest BCUT2D eigenvalue weighted by Gasteiger charge is 2.28. The fraction of sp³-hybridized carbons (Fsp3) is 0.632. The number of esters is 3. The average Bonchev–Trinajstić information content (AvgIpc) is 3.45. The molecule has 2 N–H and O–H groups in total. The number of phosphoric ester groups is 1. The molecule has 0 bridgehead atoms. The second-order valence-electron chi connectivity index (χ2n) is 20.1. The summed E-state index contributed by atoms with van der Waals surface area (Å²) in [6.45, 7) is 4.32. The molecule has 0 amide bonds. The second-order valence-corrected chi connectivity index (χ2v) is 21.6. The number of ether oxygens (including phenoxy) is 3. The van der Waals surface area contributed by atoms with Gasteiger partial charge in [-0.1, -0.05) is 219 Å². The molecule has 12 heteroatoms. The summed E-state index contributed by atoms with van der Waals surface area (Å²) in [5, 5.41) is 9.84. The lowest BCUT2D eigenvalue weighted by atomic mass is 10.1. The van der Waals surface area contributed by atoms with Gasteiger partial charge in [0.05, 0.1) is 19.8 Å². The fourth-order valence-electron chi connectivity index (χ4n) is 7.87. The van der Waals surface area contributed by atoms with Crippen molar-refractivity contribution < 1.29 is 52.2 Å². The summed E-state index contributed by atoms with van der Waals surface area (Å²) in [4.78, 5) is 48.7. The minimum absolute atomic E-state index is 0.127. The van der Waals surface area contributed by atoms with E-state index in [1.807, 2.05) is 0 Å². The van der Waals surface area contributed by atoms with Crippen LogP contribution in [0.25, 0.3) is 0 Å². The van der Waals surface area contributed by atoms with Crippen LogP contribution in [0.1, 0.15) is 239 Å². The number of rotatable bonds is 56. The maximum absolute atomic E-state index is 12.9. The van der Waals surface area contributed by atoms with E-state index in [1.54, 1.807) is 0 Å². The van der Waals surface area contributed by atoms with E-state index in [0.29, 0.717) is 19.3 Å². The topological polar surface area (TPSA) is 155 Å². The number of unbranched alkanes of at least 4 members (excludes halogenated alkanes) is 17. The third-order valence-corrected chi connectivity index (χ3v) is 13.5. The Morgan fingerprint density at radius 3 is 1.00 bits per heavy atom. The number of carbonyl (C=O) groups excluding carboxylic acids is 3. The van der Waals surface area contributed by atoms with Crippen molar-refractivity contribution in [3.8, 4) is 0 Å². The van der Waals surface area contributed by atoms with Crippen molar-refractivity contribution in [2.24, 2.45) is 0 Å². The molecule has 0 radical (unpaired) electrons. The smallest absolute Gasteiger partial charge is 0.462 e. The Bertz CT molecular complexity index is 1850. The van der Waals surface area contributed by atoms with Crippen molar-refractivity contribution >= 4 is 25.7 Å². The van der Waals surface area contributed by atoms with Gasteiger partial charge in [0, 0.05) is 19.3 Å². The van der Waals surface area contributed by atoms with Crippen molar-refractivity contribution in [2.45, 2.75) is 251 Å². The first-order valence-corrected chi connectivity index (χ1v) is 32.6. The molecule has 3 atom stereocenters. The van der Waals surface area contributed by atoms with Gasteiger partial charge in [-0.3, -0.25) is 23.4 Å². The Morgan fingerprint density at radius 2 is 0.650 bits per heavy atom. The van der Waals surface area contributed by atoms with Gasteiger partial charge in [-0.15, -0.1) is 0 Å². The minimum Gasteiger partial charge on any atom is -0.462 e. The van der Waals surface area contributed by atoms with Crippen LogP contribution in [-0.2, 0) is 42.2 Å². The van der Waals surface area contributed by atoms with E-state index in [1.165, 1.54) is 25.7 Å². The monoisotopic (exact) mass is 1130 g/mol. The average molecular weight is 1140 g/mol. The zero-order chi connectivity index (χ0) is 58.3. The molecule has 0 saturated carbocycles. The molecule has 0 aromatic heterocycles. The van der Waals surface area contributed by atoms with E-state index >= 15 is 0 Å². The first kappa shape index (κ1) is 75.6. The molecule has 454 valence electrons. The molecular formula is C68H111O11P. The Labute approximate surface area is 487 Å². The maximum Gasteiger partial charge on any atom is 0.472 e. The fourth-order valence-corrected chi connectivity index (χ4v) is 8.66. The van der Waals surface area contributed by atoms with Crippen LogP contribution in [0.15, 0.2) is 134 Å². The molecule has 0 fully saturated rings. The molecule has 0 aliphatic carbocycles. The molecule has 0 aromatic carbocycles. The summed E-state index contributed by atoms with van der Waals surface area (Å²) in [6.07, 6.45) is 76.8. The van der Waals surface area contributed by atoms with Crippen LogP contribution in [0.4, 0.5) is 0 Å². The lowest BCUT2D eigenvalue weighted by Gasteiger charge is -2.21. The summed E-state index contributed by atoms with van der Waals surface area (Å²) in [5.74, 6) is -1.54. The molecule has 0 aliphatic heterocycles. The minimum atomic E-state index is -4.78. The quantitative estimate of drug-likeness (QED) is 0.0197. The number of carbonyl (C=O) groups is 3. The van der Waals surface area contributed by atoms with E-state index in [9.17, 15) is 28.9 Å². The summed E-state index contributed by atoms with van der Waals surface area (Å²) < 4.78 is 39.6. The van der Waals surface area contributed by atoms with Gasteiger partial charge in [0.2, 0.25) is 0 Å². The molecule has 0 spiro atoms. The molecule has 11 nitrogen and oxygen atoms in total. The third kappa shape index (κ3) is 58.3. The van der Waals surface area contributed by atoms with E-state index in [2.05, 4.69) is 154 Å². The van der Waals surface area contributed by atoms with Crippen LogP contribution in [-0.4, -0.2) is 66.5 Å². The van der Waals surface area contributed by atoms with Crippen molar-refractivity contribution in [2.75, 3.05) is 26.4 Å². The third-order valence-electron chi connectivity index (χ3n) is 12.5. The van der Waals surface area contributed by atoms with Gasteiger partial charge in [0.15, 0.2) is 6.10 Å². The summed E-state index contributed by atoms with van der Waals surface area (Å²) in [6, 6.07) is 0. The van der Waals surface area contributed by atoms with Crippen molar-refractivity contribution in [1.29, 1.82) is 0 Å². The van der Waals surface area contributed by atoms with Gasteiger partial charge in [0.1, 0.15) is 12.7 Å². The van der Waals surface area contributed by atoms with E-state index in [4.69, 9.17) is 23.3 Å². The Morgan fingerprint density at radius 1 is 0.362 bits per heavy atom. The highest BCUT2D eigenvalue weighted by atomic mass is 31.2. The maximum atomic E-state index is 12.9. The molecule has 0 saturated heterocycles. The molecule has 3 unspecified atom stereocenters. The van der Waals surface area contributed by atoms with Gasteiger partial charge in [-0.2, -0.15) is 0 Å². The predicted molar refractivity (Wildman–Crippen MR) is 334 cm³/mol. The Hall–Kier alpha value is -4.38. The molecule has 0 aliphatic rings. The number of hydrogen-bond donors (Lipinski definition) is 2. The van der Waals surface area contributed by atoms with Crippen LogP contribution >= 0.6 is 7.82 Å². The molecule has 0 aromatic rings. The number of aliphatic hydroxyl groups excluding tert-OH is 1. The highest BCUT2D eigenvalue weighted by molar-refractivity contribution is 7.47. The van der Waals surface area contributed by atoms with E-state index < -0.39 is 57.8 Å². The molecule has 0 heterocycles. The lowest BCUT2D eigenvalue weighted by Crippen LogP contribution is -2.30. The molecule has 80 heavy (non-hydrogen) atoms. The van der Waals surface area contributed by atoms with Gasteiger partial charge in [-0.25, -0.2) is 4.57 Å². The van der Waals surface area contributed by atoms with E-state index in [0.717, 1.165) is 154 Å². The number of phosphoric acid groups is 1. The predicted octanol–water partition coefficient (Wildman–Crippen LogP) is 18.9. The zero-order valence-electron chi connectivity index (χ0n) is 50.2. The second kappa shape index (κ2) is 60.7. The summed E-state index contributed by atoms with van der Waals surface area (Å²) in [7, 11) is -4.78. The van der Waals surface area contributed by atoms with Crippen LogP contribution in [0.2, 0.25) is 0 Å². The molecule has 0 rings (SSSR count). The number of allylic oxidation sites excluding steroid dienone is 22. The summed E-state index contributed by atoms with van der Waals surface area (Å²) >= 11 is 0. The van der Waals surface area contributed by atoms with Gasteiger partial charge in [0.25, 0.3) is 0 Å². The van der Waals surface area contributed by atoms with Gasteiger partial charge in [-0.05, 0) is 135 Å². The first-order chi connectivity index (χ1) is 39.2. The van der Waals surface area contributed by atoms with Crippen LogP contribution in [0, 0.1) is 0 Å². The van der Waals surface area contributed by atoms with Crippen molar-refractivity contribution in [3.63, 3.8) is 0 Å². The largest absolute Gasteiger partial charge is 0.472 e. The standard InChI is InChI=1S/C68H111O11P/c1-4-7-10-13-16-19-22-25-28-31-32-35-36-39-42-45-48-51-54-57-66(70)75-61-65(79-68(72)59-56-53-50-47-44-41-38-34-30-27-24-21-18-15-12-9-6-3)63-77-80(73,74)76-62-64(60-69)78-67(71)58-55-52-49-46-43-40-37-33-29-26-23-20-17-14-11-8-5-2/h8-9,11-12,16-21,25-30,32,35,37-38,40-41,64-65,69H,4-7,10,13-15,22-24,31,33-34,36,39,42-63H2,1-3H3,(H,73,74)/b11-8-,12-9-,19-16-,20-17-,21-18-,28-25-,29-26-,30-27-,35-32-,40-37-,41-38-. The highest BCUT2D eigenvalue weighted by Crippen LogP contribution is 2.43. The Kier molecular flexibility index (Phi) is 57.4. The lowest BCUT2D eigenvalue weighted by molar-refractivity contribution is -0.161. The summed E-state index contributed by atoms with van der Waals surface area (Å²) in [5.41, 5.74) is 0. The SMILES string of the molecule is CC/C=C\C/C=C\C/C=C\C/C=C\CCCCCCC(=O)OC(CO)COP(=O)(O)OCC(COC(=O)CCCCCCCC/C=C\C/C=C\C/C=C\CCCCC)OC(=O)CCCCCC/C=C\C/C=C\C/C=C\C/C=C\CC. The Balaban J connectivity index is 4.81. The number of hydrogen-bond acceptors (Lipinski definition) is 10. The van der Waals surface area contributed by atoms with Crippen molar-refractivity contribution in [1.82, 2.24) is 0 Å². The van der Waals surface area contributed by atoms with Gasteiger partial charge < -0.3 is 24.2 Å². The van der Waals surface area contributed by atoms with Crippen LogP contribution < -0.4 is 0 Å². The van der Waals surface area contributed by atoms with Crippen LogP contribution in [0.5, 0.6) is 0 Å². The van der Waals surface area contributed by atoms with Crippen LogP contribution in [0.3, 0.4) is 0 Å². The zero-order valence-corrected chi connectivity index (χ0v) is 51.1. The van der Waals surface area contributed by atoms with Gasteiger partial charge >= 0.3 is 25.7 Å². The van der Waals surface area contributed by atoms with E-state index in [-0.39, 0.29) is 25.9 Å². The molecular weight excluding hydrogens is 1020 g/mol. The van der Waals surface area contributed by atoms with Crippen molar-refractivity contribution in [3.05, 3.63) is 134 Å².